The average molecular weight is 404 g/mol. The Morgan fingerprint density at radius 2 is 1.75 bits per heavy atom. The molecule has 2 aromatic rings. The number of carbonyl (C=O) groups is 2. The lowest BCUT2D eigenvalue weighted by Gasteiger charge is -2.24. The van der Waals surface area contributed by atoms with Crippen molar-refractivity contribution in [1.29, 1.82) is 0 Å². The molecule has 1 amide bonds. The summed E-state index contributed by atoms with van der Waals surface area (Å²) in [6.45, 7) is 1.49. The topological polar surface area (TPSA) is 124 Å². The van der Waals surface area contributed by atoms with E-state index in [1.54, 1.807) is 25.1 Å². The molecule has 1 heterocycles. The molecule has 28 heavy (non-hydrogen) atoms. The summed E-state index contributed by atoms with van der Waals surface area (Å²) in [7, 11) is -3.97. The Morgan fingerprint density at radius 1 is 1.11 bits per heavy atom. The van der Waals surface area contributed by atoms with E-state index >= 15 is 0 Å². The first-order valence-corrected chi connectivity index (χ1v) is 10.0. The second kappa shape index (κ2) is 7.70. The highest BCUT2D eigenvalue weighted by molar-refractivity contribution is 7.89. The van der Waals surface area contributed by atoms with Crippen LogP contribution in [0.15, 0.2) is 53.4 Å². The molecule has 0 saturated carbocycles. The third-order valence-electron chi connectivity index (χ3n) is 4.62. The Balaban J connectivity index is 1.84. The highest BCUT2D eigenvalue weighted by atomic mass is 32.2. The zero-order valence-electron chi connectivity index (χ0n) is 15.1. The number of aliphatic hydroxyl groups is 1. The number of aryl methyl sites for hydroxylation is 1. The third-order valence-corrected chi connectivity index (χ3v) is 6.65. The first-order chi connectivity index (χ1) is 13.2. The number of hydrogen-bond acceptors (Lipinski definition) is 5. The molecule has 1 aliphatic rings. The number of aliphatic hydroxyl groups excluding tert-OH is 1. The van der Waals surface area contributed by atoms with Crippen molar-refractivity contribution in [2.75, 3.05) is 11.9 Å². The van der Waals surface area contributed by atoms with E-state index < -0.39 is 34.0 Å². The zero-order chi connectivity index (χ0) is 20.5. The number of carboxylic acid groups (broad SMARTS) is 1. The van der Waals surface area contributed by atoms with Crippen LogP contribution in [0.2, 0.25) is 0 Å². The number of carboxylic acids is 1. The molecule has 1 fully saturated rings. The van der Waals surface area contributed by atoms with Crippen LogP contribution in [0, 0.1) is 6.92 Å². The summed E-state index contributed by atoms with van der Waals surface area (Å²) >= 11 is 0. The van der Waals surface area contributed by atoms with E-state index in [2.05, 4.69) is 5.32 Å². The lowest BCUT2D eigenvalue weighted by molar-refractivity contribution is -0.119. The molecule has 1 saturated heterocycles. The van der Waals surface area contributed by atoms with E-state index in [4.69, 9.17) is 5.11 Å². The zero-order valence-corrected chi connectivity index (χ0v) is 15.9. The molecule has 0 aliphatic carbocycles. The first kappa shape index (κ1) is 20.0. The number of carbonyl (C=O) groups excluding carboxylic acids is 1. The number of aromatic carboxylic acids is 1. The monoisotopic (exact) mass is 404 g/mol. The van der Waals surface area contributed by atoms with Crippen LogP contribution in [0.4, 0.5) is 5.69 Å². The van der Waals surface area contributed by atoms with Crippen molar-refractivity contribution in [1.82, 2.24) is 4.31 Å². The van der Waals surface area contributed by atoms with E-state index in [0.717, 1.165) is 4.31 Å². The highest BCUT2D eigenvalue weighted by Crippen LogP contribution is 2.29. The Morgan fingerprint density at radius 3 is 2.36 bits per heavy atom. The minimum Gasteiger partial charge on any atom is -0.478 e. The van der Waals surface area contributed by atoms with Crippen LogP contribution >= 0.6 is 0 Å². The van der Waals surface area contributed by atoms with E-state index in [1.807, 2.05) is 0 Å². The molecule has 3 rings (SSSR count). The molecule has 2 atom stereocenters. The Bertz CT molecular complexity index is 1000. The number of hydrogen-bond donors (Lipinski definition) is 3. The van der Waals surface area contributed by atoms with Gasteiger partial charge in [-0.1, -0.05) is 18.2 Å². The summed E-state index contributed by atoms with van der Waals surface area (Å²) in [5.41, 5.74) is 0.954. The summed E-state index contributed by atoms with van der Waals surface area (Å²) in [4.78, 5) is 23.7. The van der Waals surface area contributed by atoms with Crippen molar-refractivity contribution in [2.24, 2.45) is 0 Å². The number of amides is 1. The third kappa shape index (κ3) is 3.91. The van der Waals surface area contributed by atoms with Gasteiger partial charge in [-0.15, -0.1) is 0 Å². The quantitative estimate of drug-likeness (QED) is 0.693. The largest absolute Gasteiger partial charge is 0.478 e. The summed E-state index contributed by atoms with van der Waals surface area (Å²) in [5, 5.41) is 21.5. The Kier molecular flexibility index (Phi) is 5.50. The van der Waals surface area contributed by atoms with Gasteiger partial charge in [0.05, 0.1) is 16.6 Å². The molecule has 0 radical (unpaired) electrons. The Hall–Kier alpha value is -2.75. The number of nitrogens with zero attached hydrogens (tertiary/aromatic N) is 1. The van der Waals surface area contributed by atoms with Gasteiger partial charge in [-0.2, -0.15) is 4.31 Å². The van der Waals surface area contributed by atoms with Crippen molar-refractivity contribution < 1.29 is 28.2 Å². The molecule has 0 spiro atoms. The fourth-order valence-electron chi connectivity index (χ4n) is 3.18. The summed E-state index contributed by atoms with van der Waals surface area (Å²) in [6, 6.07) is 10.9. The maximum absolute atomic E-state index is 13.1. The SMILES string of the molecule is Cc1ccccc1S(=O)(=O)N1CC(O)C[C@H]1C(=O)Nc1ccc(C(=O)O)cc1. The van der Waals surface area contributed by atoms with E-state index in [9.17, 15) is 23.1 Å². The lowest BCUT2D eigenvalue weighted by Crippen LogP contribution is -2.43. The number of anilines is 1. The fourth-order valence-corrected chi connectivity index (χ4v) is 5.05. The van der Waals surface area contributed by atoms with Gasteiger partial charge in [-0.25, -0.2) is 13.2 Å². The second-order valence-electron chi connectivity index (χ2n) is 6.62. The highest BCUT2D eigenvalue weighted by Gasteiger charge is 2.43. The fraction of sp³-hybridized carbons (Fsp3) is 0.263. The van der Waals surface area contributed by atoms with Crippen molar-refractivity contribution in [3.05, 3.63) is 59.7 Å². The van der Waals surface area contributed by atoms with Crippen LogP contribution < -0.4 is 5.32 Å². The van der Waals surface area contributed by atoms with E-state index in [0.29, 0.717) is 11.3 Å². The van der Waals surface area contributed by atoms with Crippen LogP contribution in [0.5, 0.6) is 0 Å². The van der Waals surface area contributed by atoms with Gasteiger partial charge in [-0.05, 0) is 42.8 Å². The molecule has 2 aromatic carbocycles. The van der Waals surface area contributed by atoms with Gasteiger partial charge < -0.3 is 15.5 Å². The molecule has 9 heteroatoms. The van der Waals surface area contributed by atoms with Gasteiger partial charge in [0.15, 0.2) is 0 Å². The van der Waals surface area contributed by atoms with Gasteiger partial charge in [-0.3, -0.25) is 4.79 Å². The summed E-state index contributed by atoms with van der Waals surface area (Å²) in [5.74, 6) is -1.68. The average Bonchev–Trinajstić information content (AvgIpc) is 3.05. The van der Waals surface area contributed by atoms with Gasteiger partial charge in [0.1, 0.15) is 6.04 Å². The number of nitrogens with one attached hydrogen (secondary N) is 1. The first-order valence-electron chi connectivity index (χ1n) is 8.60. The van der Waals surface area contributed by atoms with Crippen LogP contribution in [-0.4, -0.2) is 53.5 Å². The van der Waals surface area contributed by atoms with Crippen LogP contribution in [0.25, 0.3) is 0 Å². The predicted octanol–water partition coefficient (Wildman–Crippen LogP) is 1.46. The molecular formula is C19H20N2O6S. The Labute approximate surface area is 162 Å². The number of β-amino-alcohol motifs (C(OH)–C–C–N with tert-alkyl or cyclic N) is 1. The van der Waals surface area contributed by atoms with Crippen molar-refractivity contribution in [3.63, 3.8) is 0 Å². The van der Waals surface area contributed by atoms with E-state index in [1.165, 1.54) is 30.3 Å². The predicted molar refractivity (Wildman–Crippen MR) is 102 cm³/mol. The minimum absolute atomic E-state index is 0.0237. The summed E-state index contributed by atoms with van der Waals surface area (Å²) < 4.78 is 27.1. The molecular weight excluding hydrogens is 384 g/mol. The van der Waals surface area contributed by atoms with E-state index in [-0.39, 0.29) is 23.4 Å². The summed E-state index contributed by atoms with van der Waals surface area (Å²) in [6.07, 6.45) is -0.978. The van der Waals surface area contributed by atoms with Crippen molar-refractivity contribution in [3.8, 4) is 0 Å². The molecule has 3 N–H and O–H groups in total. The van der Waals surface area contributed by atoms with Crippen molar-refractivity contribution >= 4 is 27.6 Å². The number of sulfonamides is 1. The maximum Gasteiger partial charge on any atom is 0.335 e. The standard InChI is InChI=1S/C19H20N2O6S/c1-12-4-2-3-5-17(12)28(26,27)21-11-15(22)10-16(21)18(23)20-14-8-6-13(7-9-14)19(24)25/h2-9,15-16,22H,10-11H2,1H3,(H,20,23)(H,24,25)/t15?,16-/m0/s1. The second-order valence-corrected chi connectivity index (χ2v) is 8.48. The van der Waals surface area contributed by atoms with Gasteiger partial charge in [0, 0.05) is 18.7 Å². The maximum atomic E-state index is 13.1. The lowest BCUT2D eigenvalue weighted by atomic mass is 10.1. The van der Waals surface area contributed by atoms with Gasteiger partial charge in [0.25, 0.3) is 0 Å². The van der Waals surface area contributed by atoms with Crippen LogP contribution in [0.1, 0.15) is 22.3 Å². The number of rotatable bonds is 5. The molecule has 0 bridgehead atoms. The molecule has 0 aromatic heterocycles. The molecule has 1 unspecified atom stereocenters. The van der Waals surface area contributed by atoms with Gasteiger partial charge in [0.2, 0.25) is 15.9 Å². The normalized spacial score (nSPS) is 20.1. The van der Waals surface area contributed by atoms with Gasteiger partial charge >= 0.3 is 5.97 Å². The van der Waals surface area contributed by atoms with Crippen LogP contribution in [-0.2, 0) is 14.8 Å². The molecule has 8 nitrogen and oxygen atoms in total. The smallest absolute Gasteiger partial charge is 0.335 e. The number of benzene rings is 2. The van der Waals surface area contributed by atoms with Crippen molar-refractivity contribution in [2.45, 2.75) is 30.4 Å². The van der Waals surface area contributed by atoms with Crippen LogP contribution in [0.3, 0.4) is 0 Å². The molecule has 148 valence electrons. The minimum atomic E-state index is -3.97. The molecule has 1 aliphatic heterocycles.